The zero-order valence-corrected chi connectivity index (χ0v) is 45.5. The number of hydrogen-bond donors (Lipinski definition) is 0. The Morgan fingerprint density at radius 3 is 0.750 bits per heavy atom. The van der Waals surface area contributed by atoms with Gasteiger partial charge in [-0.25, -0.2) is 0 Å². The molecule has 0 aromatic heterocycles. The Labute approximate surface area is 413 Å². The van der Waals surface area contributed by atoms with Gasteiger partial charge in [-0.2, -0.15) is 0 Å². The second kappa shape index (κ2) is 19.9. The Morgan fingerprint density at radius 1 is 0.279 bits per heavy atom. The van der Waals surface area contributed by atoms with Crippen LogP contribution in [0.25, 0.3) is 21.5 Å². The van der Waals surface area contributed by atoms with Crippen LogP contribution >= 0.6 is 0 Å². The van der Waals surface area contributed by atoms with Crippen molar-refractivity contribution in [2.75, 3.05) is 9.80 Å². The van der Waals surface area contributed by atoms with E-state index >= 15 is 0 Å². The minimum absolute atomic E-state index is 0.0813. The molecule has 7 aromatic rings. The summed E-state index contributed by atoms with van der Waals surface area (Å²) in [6.45, 7) is 44.5. The molecule has 0 saturated heterocycles. The summed E-state index contributed by atoms with van der Waals surface area (Å²) < 4.78 is 0. The maximum atomic E-state index is 2.66. The molecule has 0 aliphatic heterocycles. The van der Waals surface area contributed by atoms with Crippen LogP contribution < -0.4 is 9.80 Å². The lowest BCUT2D eigenvalue weighted by molar-refractivity contribution is 0.591. The van der Waals surface area contributed by atoms with E-state index in [0.29, 0.717) is 47.3 Å². The number of benzene rings is 7. The summed E-state index contributed by atoms with van der Waals surface area (Å²) in [4.78, 5) is 5.31. The van der Waals surface area contributed by atoms with E-state index in [-0.39, 0.29) is 5.41 Å². The number of anilines is 6. The van der Waals surface area contributed by atoms with Crippen molar-refractivity contribution in [3.63, 3.8) is 0 Å². The van der Waals surface area contributed by atoms with Crippen molar-refractivity contribution in [1.29, 1.82) is 0 Å². The van der Waals surface area contributed by atoms with Gasteiger partial charge < -0.3 is 9.80 Å². The first-order valence-electron chi connectivity index (χ1n) is 26.1. The van der Waals surface area contributed by atoms with Crippen LogP contribution in [0.1, 0.15) is 229 Å². The highest BCUT2D eigenvalue weighted by atomic mass is 15.2. The minimum Gasteiger partial charge on any atom is -0.309 e. The SMILES string of the molecule is CC(C)c1cc(C(C)C)cc(N(c2cc(C(C)C)cc(C(C)C)c2)c2c3ccccc3c(N(c3cc(C(C)C)cc(C(C)C)c3)c3cc(C(C)C)cc(C(C)C)c3)c3cc(C(C)(C)C)ccc23)c1. The van der Waals surface area contributed by atoms with Crippen molar-refractivity contribution < 1.29 is 0 Å². The molecule has 0 bridgehead atoms. The van der Waals surface area contributed by atoms with Gasteiger partial charge in [0.1, 0.15) is 0 Å². The van der Waals surface area contributed by atoms with Crippen LogP contribution in [0.4, 0.5) is 34.1 Å². The molecular weight excluding hydrogens is 821 g/mol. The molecule has 358 valence electrons. The lowest BCUT2D eigenvalue weighted by Gasteiger charge is -2.35. The second-order valence-corrected chi connectivity index (χ2v) is 23.6. The predicted molar refractivity (Wildman–Crippen MR) is 302 cm³/mol. The van der Waals surface area contributed by atoms with Crippen molar-refractivity contribution in [3.8, 4) is 0 Å². The lowest BCUT2D eigenvalue weighted by atomic mass is 9.84. The third kappa shape index (κ3) is 10.3. The van der Waals surface area contributed by atoms with Gasteiger partial charge in [0.05, 0.1) is 11.4 Å². The molecule has 7 aromatic carbocycles. The number of hydrogen-bond acceptors (Lipinski definition) is 2. The van der Waals surface area contributed by atoms with Crippen molar-refractivity contribution >= 4 is 55.7 Å². The summed E-state index contributed by atoms with van der Waals surface area (Å²) in [5.41, 5.74) is 19.5. The van der Waals surface area contributed by atoms with Crippen LogP contribution in [0.5, 0.6) is 0 Å². The molecule has 2 heteroatoms. The van der Waals surface area contributed by atoms with Gasteiger partial charge in [0.15, 0.2) is 0 Å². The van der Waals surface area contributed by atoms with E-state index in [9.17, 15) is 0 Å². The summed E-state index contributed by atoms with van der Waals surface area (Å²) >= 11 is 0. The van der Waals surface area contributed by atoms with Crippen LogP contribution in [-0.4, -0.2) is 0 Å². The Kier molecular flexibility index (Phi) is 14.8. The van der Waals surface area contributed by atoms with Crippen molar-refractivity contribution in [1.82, 2.24) is 0 Å². The average Bonchev–Trinajstić information content (AvgIpc) is 3.28. The molecule has 0 amide bonds. The summed E-state index contributed by atoms with van der Waals surface area (Å²) in [7, 11) is 0. The third-order valence-corrected chi connectivity index (χ3v) is 14.5. The predicted octanol–water partition coefficient (Wildman–Crippen LogP) is 21.2. The van der Waals surface area contributed by atoms with E-state index in [1.165, 1.54) is 106 Å². The first-order chi connectivity index (χ1) is 31.9. The van der Waals surface area contributed by atoms with Crippen molar-refractivity contribution in [2.45, 2.75) is 184 Å². The molecule has 7 rings (SSSR count). The minimum atomic E-state index is -0.0813. The molecule has 0 heterocycles. The van der Waals surface area contributed by atoms with E-state index < -0.39 is 0 Å². The van der Waals surface area contributed by atoms with Gasteiger partial charge in [0, 0.05) is 44.3 Å². The fourth-order valence-electron chi connectivity index (χ4n) is 9.71. The van der Waals surface area contributed by atoms with Gasteiger partial charge in [-0.3, -0.25) is 0 Å². The topological polar surface area (TPSA) is 6.48 Å². The quantitative estimate of drug-likeness (QED) is 0.0792. The molecule has 0 aliphatic carbocycles. The monoisotopic (exact) mass is 905 g/mol. The molecule has 0 atom stereocenters. The molecule has 2 nitrogen and oxygen atoms in total. The van der Waals surface area contributed by atoms with E-state index in [0.717, 1.165) is 0 Å². The van der Waals surface area contributed by atoms with Crippen LogP contribution in [0, 0.1) is 0 Å². The maximum absolute atomic E-state index is 2.66. The van der Waals surface area contributed by atoms with Gasteiger partial charge in [0.2, 0.25) is 0 Å². The van der Waals surface area contributed by atoms with Crippen molar-refractivity contribution in [3.05, 3.63) is 165 Å². The zero-order valence-electron chi connectivity index (χ0n) is 45.5. The number of rotatable bonds is 14. The second-order valence-electron chi connectivity index (χ2n) is 23.6. The van der Waals surface area contributed by atoms with Crippen LogP contribution in [0.15, 0.2) is 115 Å². The Hall–Kier alpha value is -5.34. The fraction of sp³-hybridized carbons (Fsp3) is 0.424. The largest absolute Gasteiger partial charge is 0.309 e. The molecule has 0 fully saturated rings. The highest BCUT2D eigenvalue weighted by molar-refractivity contribution is 6.23. The first kappa shape index (κ1) is 50.5. The third-order valence-electron chi connectivity index (χ3n) is 14.5. The molecular formula is C66H84N2. The van der Waals surface area contributed by atoms with Crippen LogP contribution in [-0.2, 0) is 5.41 Å². The van der Waals surface area contributed by atoms with Crippen molar-refractivity contribution in [2.24, 2.45) is 0 Å². The van der Waals surface area contributed by atoms with E-state index in [1.54, 1.807) is 0 Å². The number of fused-ring (bicyclic) bond motifs is 2. The molecule has 0 N–H and O–H groups in total. The van der Waals surface area contributed by atoms with Gasteiger partial charge in [-0.05, 0) is 157 Å². The van der Waals surface area contributed by atoms with Crippen LogP contribution in [0.3, 0.4) is 0 Å². The molecule has 0 unspecified atom stereocenters. The van der Waals surface area contributed by atoms with Gasteiger partial charge in [0.25, 0.3) is 0 Å². The molecule has 0 saturated carbocycles. The molecule has 68 heavy (non-hydrogen) atoms. The average molecular weight is 905 g/mol. The normalized spacial score (nSPS) is 12.5. The first-order valence-corrected chi connectivity index (χ1v) is 26.1. The van der Waals surface area contributed by atoms with E-state index in [2.05, 4.69) is 257 Å². The van der Waals surface area contributed by atoms with E-state index in [4.69, 9.17) is 0 Å². The Morgan fingerprint density at radius 2 is 0.515 bits per heavy atom. The van der Waals surface area contributed by atoms with Gasteiger partial charge in [-0.15, -0.1) is 0 Å². The lowest BCUT2D eigenvalue weighted by Crippen LogP contribution is -2.17. The smallest absolute Gasteiger partial charge is 0.0620 e. The van der Waals surface area contributed by atoms with Gasteiger partial charge in [-0.1, -0.05) is 192 Å². The summed E-state index contributed by atoms with van der Waals surface area (Å²) in [6, 6.07) is 46.4. The molecule has 0 spiro atoms. The number of nitrogens with zero attached hydrogens (tertiary/aromatic N) is 2. The summed E-state index contributed by atoms with van der Waals surface area (Å²) in [5, 5.41) is 4.97. The maximum Gasteiger partial charge on any atom is 0.0620 e. The summed E-state index contributed by atoms with van der Waals surface area (Å²) in [5.74, 6) is 2.96. The highest BCUT2D eigenvalue weighted by Crippen LogP contribution is 2.53. The Bertz CT molecular complexity index is 2680. The standard InChI is InChI=1S/C66H84N2/c1-39(2)47-26-48(40(3)4)31-56(30-47)67(57-32-49(41(5)6)27-50(33-57)42(7)8)64-60-22-20-21-23-61(60)65(63-38-55(66(17,18)19)24-25-62(63)64)68(58-34-51(43(9)10)28-52(35-58)44(11)12)59-36-53(45(13)14)29-54(37-59)46(15)16/h20-46H,1-19H3. The molecule has 0 aliphatic rings. The highest BCUT2D eigenvalue weighted by Gasteiger charge is 2.29. The fourth-order valence-corrected chi connectivity index (χ4v) is 9.71. The Balaban J connectivity index is 1.76. The van der Waals surface area contributed by atoms with Crippen LogP contribution in [0.2, 0.25) is 0 Å². The summed E-state index contributed by atoms with van der Waals surface area (Å²) in [6.07, 6.45) is 0. The van der Waals surface area contributed by atoms with Gasteiger partial charge >= 0.3 is 0 Å². The zero-order chi connectivity index (χ0) is 49.7. The van der Waals surface area contributed by atoms with E-state index in [1.807, 2.05) is 0 Å². The molecule has 0 radical (unpaired) electrons.